The van der Waals surface area contributed by atoms with Crippen molar-refractivity contribution in [1.82, 2.24) is 9.97 Å². The van der Waals surface area contributed by atoms with Crippen molar-refractivity contribution in [2.75, 3.05) is 4.90 Å². The van der Waals surface area contributed by atoms with E-state index < -0.39 is 12.0 Å². The highest BCUT2D eigenvalue weighted by atomic mass is 19.4. The lowest BCUT2D eigenvalue weighted by molar-refractivity contribution is -0.144. The predicted octanol–water partition coefficient (Wildman–Crippen LogP) is 4.97. The Kier molecular flexibility index (Phi) is 3.97. The third-order valence-electron chi connectivity index (χ3n) is 3.15. The zero-order valence-corrected chi connectivity index (χ0v) is 11.9. The first kappa shape index (κ1) is 15.0. The summed E-state index contributed by atoms with van der Waals surface area (Å²) in [7, 11) is 0. The van der Waals surface area contributed by atoms with E-state index >= 15 is 0 Å². The maximum absolute atomic E-state index is 12.9. The predicted molar refractivity (Wildman–Crippen MR) is 81.7 cm³/mol. The molecule has 0 aliphatic carbocycles. The summed E-state index contributed by atoms with van der Waals surface area (Å²) >= 11 is 0. The van der Waals surface area contributed by atoms with Crippen molar-refractivity contribution in [3.05, 3.63) is 78.8 Å². The third kappa shape index (κ3) is 3.31. The highest BCUT2D eigenvalue weighted by Gasteiger charge is 2.35. The highest BCUT2D eigenvalue weighted by Crippen LogP contribution is 2.34. The van der Waals surface area contributed by atoms with Crippen molar-refractivity contribution < 1.29 is 13.2 Å². The monoisotopic (exact) mass is 315 g/mol. The number of halogens is 3. The first-order valence-electron chi connectivity index (χ1n) is 6.86. The molecule has 0 saturated heterocycles. The van der Waals surface area contributed by atoms with E-state index in [9.17, 15) is 13.2 Å². The molecule has 1 aromatic heterocycles. The maximum Gasteiger partial charge on any atom is 0.451 e. The standard InChI is InChI=1S/C17H12F3N3/c18-17(19,20)16-21-12-11-15(22-16)23(13-7-3-1-4-8-13)14-9-5-2-6-10-14/h1-12H. The SMILES string of the molecule is FC(F)(F)c1nccc(N(c2ccccc2)c2ccccc2)n1. The molecule has 0 spiro atoms. The zero-order chi connectivity index (χ0) is 16.3. The molecule has 3 rings (SSSR count). The molecular formula is C17H12F3N3. The number of anilines is 3. The average molecular weight is 315 g/mol. The zero-order valence-electron chi connectivity index (χ0n) is 11.9. The molecule has 6 heteroatoms. The number of alkyl halides is 3. The number of hydrogen-bond donors (Lipinski definition) is 0. The van der Waals surface area contributed by atoms with Gasteiger partial charge in [-0.15, -0.1) is 0 Å². The fraction of sp³-hybridized carbons (Fsp3) is 0.0588. The Morgan fingerprint density at radius 3 is 1.74 bits per heavy atom. The van der Waals surface area contributed by atoms with E-state index in [0.29, 0.717) is 11.4 Å². The Balaban J connectivity index is 2.14. The van der Waals surface area contributed by atoms with Gasteiger partial charge in [0.15, 0.2) is 0 Å². The summed E-state index contributed by atoms with van der Waals surface area (Å²) < 4.78 is 38.7. The molecule has 2 aromatic carbocycles. The molecular weight excluding hydrogens is 303 g/mol. The van der Waals surface area contributed by atoms with Crippen LogP contribution in [0.2, 0.25) is 0 Å². The molecule has 0 radical (unpaired) electrons. The molecule has 0 unspecified atom stereocenters. The number of benzene rings is 2. The van der Waals surface area contributed by atoms with E-state index in [0.717, 1.165) is 6.20 Å². The minimum atomic E-state index is -4.59. The van der Waals surface area contributed by atoms with Crippen LogP contribution >= 0.6 is 0 Å². The molecule has 0 aliphatic rings. The van der Waals surface area contributed by atoms with Crippen LogP contribution < -0.4 is 4.90 Å². The molecule has 0 bridgehead atoms. The lowest BCUT2D eigenvalue weighted by atomic mass is 10.2. The second-order valence-corrected chi connectivity index (χ2v) is 4.74. The molecule has 0 aliphatic heterocycles. The molecule has 3 nitrogen and oxygen atoms in total. The van der Waals surface area contributed by atoms with Crippen molar-refractivity contribution in [3.63, 3.8) is 0 Å². The van der Waals surface area contributed by atoms with Gasteiger partial charge in [0.2, 0.25) is 5.82 Å². The van der Waals surface area contributed by atoms with E-state index in [4.69, 9.17) is 0 Å². The van der Waals surface area contributed by atoms with Gasteiger partial charge in [0.05, 0.1) is 0 Å². The Bertz CT molecular complexity index is 734. The summed E-state index contributed by atoms with van der Waals surface area (Å²) in [6, 6.07) is 19.6. The van der Waals surface area contributed by atoms with Crippen molar-refractivity contribution in [1.29, 1.82) is 0 Å². The maximum atomic E-state index is 12.9. The summed E-state index contributed by atoms with van der Waals surface area (Å²) in [5.74, 6) is -1.00. The number of nitrogens with zero attached hydrogens (tertiary/aromatic N) is 3. The first-order chi connectivity index (χ1) is 11.1. The quantitative estimate of drug-likeness (QED) is 0.683. The van der Waals surface area contributed by atoms with E-state index in [1.807, 2.05) is 60.7 Å². The van der Waals surface area contributed by atoms with E-state index in [1.165, 1.54) is 6.07 Å². The number of hydrogen-bond acceptors (Lipinski definition) is 3. The van der Waals surface area contributed by atoms with Crippen LogP contribution in [-0.4, -0.2) is 9.97 Å². The van der Waals surface area contributed by atoms with Gasteiger partial charge in [0, 0.05) is 17.6 Å². The average Bonchev–Trinajstić information content (AvgIpc) is 2.57. The molecule has 0 fully saturated rings. The van der Waals surface area contributed by atoms with Crippen LogP contribution in [0.5, 0.6) is 0 Å². The van der Waals surface area contributed by atoms with Crippen LogP contribution in [-0.2, 0) is 6.18 Å². The van der Waals surface area contributed by atoms with Crippen LogP contribution in [0.15, 0.2) is 72.9 Å². The third-order valence-corrected chi connectivity index (χ3v) is 3.15. The van der Waals surface area contributed by atoms with Gasteiger partial charge in [0.1, 0.15) is 5.82 Å². The second kappa shape index (κ2) is 6.08. The fourth-order valence-electron chi connectivity index (χ4n) is 2.18. The van der Waals surface area contributed by atoms with Crippen LogP contribution in [0.4, 0.5) is 30.4 Å². The van der Waals surface area contributed by atoms with Gasteiger partial charge in [-0.3, -0.25) is 4.90 Å². The van der Waals surface area contributed by atoms with Crippen LogP contribution in [0, 0.1) is 0 Å². The molecule has 1 heterocycles. The normalized spacial score (nSPS) is 11.3. The minimum Gasteiger partial charge on any atom is -0.295 e. The van der Waals surface area contributed by atoms with Gasteiger partial charge in [-0.25, -0.2) is 9.97 Å². The van der Waals surface area contributed by atoms with Crippen molar-refractivity contribution in [2.24, 2.45) is 0 Å². The Morgan fingerprint density at radius 2 is 1.26 bits per heavy atom. The molecule has 0 atom stereocenters. The molecule has 116 valence electrons. The van der Waals surface area contributed by atoms with E-state index in [2.05, 4.69) is 9.97 Å². The molecule has 0 saturated carbocycles. The van der Waals surface area contributed by atoms with Gasteiger partial charge in [-0.2, -0.15) is 13.2 Å². The summed E-state index contributed by atoms with van der Waals surface area (Å²) in [6.45, 7) is 0. The first-order valence-corrected chi connectivity index (χ1v) is 6.86. The number of rotatable bonds is 3. The summed E-state index contributed by atoms with van der Waals surface area (Å²) in [5, 5.41) is 0. The molecule has 0 N–H and O–H groups in total. The van der Waals surface area contributed by atoms with Crippen LogP contribution in [0.3, 0.4) is 0 Å². The molecule has 23 heavy (non-hydrogen) atoms. The van der Waals surface area contributed by atoms with Crippen molar-refractivity contribution >= 4 is 17.2 Å². The summed E-state index contributed by atoms with van der Waals surface area (Å²) in [5.41, 5.74) is 1.43. The summed E-state index contributed by atoms with van der Waals surface area (Å²) in [4.78, 5) is 8.65. The van der Waals surface area contributed by atoms with E-state index in [1.54, 1.807) is 4.90 Å². The van der Waals surface area contributed by atoms with Gasteiger partial charge < -0.3 is 0 Å². The Hall–Kier alpha value is -2.89. The lowest BCUT2D eigenvalue weighted by Gasteiger charge is -2.24. The van der Waals surface area contributed by atoms with Gasteiger partial charge in [-0.1, -0.05) is 36.4 Å². The fourth-order valence-corrected chi connectivity index (χ4v) is 2.18. The van der Waals surface area contributed by atoms with E-state index in [-0.39, 0.29) is 5.82 Å². The molecule has 0 amide bonds. The topological polar surface area (TPSA) is 29.0 Å². The Labute approximate surface area is 131 Å². The number of para-hydroxylation sites is 2. The lowest BCUT2D eigenvalue weighted by Crippen LogP contribution is -2.16. The Morgan fingerprint density at radius 1 is 0.739 bits per heavy atom. The summed E-state index contributed by atoms with van der Waals surface area (Å²) in [6.07, 6.45) is -3.47. The van der Waals surface area contributed by atoms with Gasteiger partial charge >= 0.3 is 6.18 Å². The largest absolute Gasteiger partial charge is 0.451 e. The van der Waals surface area contributed by atoms with Crippen LogP contribution in [0.1, 0.15) is 5.82 Å². The molecule has 3 aromatic rings. The van der Waals surface area contributed by atoms with Crippen molar-refractivity contribution in [3.8, 4) is 0 Å². The van der Waals surface area contributed by atoms with Gasteiger partial charge in [0.25, 0.3) is 0 Å². The smallest absolute Gasteiger partial charge is 0.295 e. The second-order valence-electron chi connectivity index (χ2n) is 4.74. The highest BCUT2D eigenvalue weighted by molar-refractivity contribution is 5.73. The minimum absolute atomic E-state index is 0.157. The van der Waals surface area contributed by atoms with Crippen molar-refractivity contribution in [2.45, 2.75) is 6.18 Å². The number of aromatic nitrogens is 2. The van der Waals surface area contributed by atoms with Crippen LogP contribution in [0.25, 0.3) is 0 Å². The van der Waals surface area contributed by atoms with Gasteiger partial charge in [-0.05, 0) is 30.3 Å².